The van der Waals surface area contributed by atoms with Crippen LogP contribution < -0.4 is 5.32 Å². The number of fused-ring (bicyclic) bond motifs is 1. The van der Waals surface area contributed by atoms with Crippen molar-refractivity contribution in [3.63, 3.8) is 0 Å². The molecule has 8 heteroatoms. The van der Waals surface area contributed by atoms with Crippen LogP contribution in [0.25, 0.3) is 0 Å². The highest BCUT2D eigenvalue weighted by molar-refractivity contribution is 7.08. The quantitative estimate of drug-likeness (QED) is 0.848. The molecule has 4 rings (SSSR count). The van der Waals surface area contributed by atoms with Gasteiger partial charge in [-0.05, 0) is 58.3 Å². The molecule has 2 aromatic heterocycles. The van der Waals surface area contributed by atoms with Crippen LogP contribution in [0.5, 0.6) is 0 Å². The number of carbonyl (C=O) groups excluding carboxylic acids is 2. The van der Waals surface area contributed by atoms with Gasteiger partial charge in [-0.1, -0.05) is 0 Å². The molecule has 1 fully saturated rings. The number of anilines is 1. The number of aromatic nitrogens is 2. The molecule has 0 unspecified atom stereocenters. The number of H-pyrrole nitrogens is 1. The molecule has 0 aliphatic carbocycles. The molecule has 0 spiro atoms. The lowest BCUT2D eigenvalue weighted by Crippen LogP contribution is -2.46. The van der Waals surface area contributed by atoms with E-state index in [-0.39, 0.29) is 17.7 Å². The number of nitrogens with zero attached hydrogens (tertiary/aromatic N) is 3. The minimum Gasteiger partial charge on any atom is -0.327 e. The maximum atomic E-state index is 13.2. The second-order valence-corrected chi connectivity index (χ2v) is 8.73. The van der Waals surface area contributed by atoms with Crippen molar-refractivity contribution < 1.29 is 9.59 Å². The van der Waals surface area contributed by atoms with Gasteiger partial charge in [0, 0.05) is 16.9 Å². The minimum atomic E-state index is -0.464. The van der Waals surface area contributed by atoms with E-state index in [1.54, 1.807) is 6.07 Å². The molecule has 4 heterocycles. The van der Waals surface area contributed by atoms with Crippen molar-refractivity contribution in [1.29, 1.82) is 0 Å². The van der Waals surface area contributed by atoms with Gasteiger partial charge in [0.15, 0.2) is 5.82 Å². The van der Waals surface area contributed by atoms with Gasteiger partial charge in [0.2, 0.25) is 5.91 Å². The lowest BCUT2D eigenvalue weighted by molar-refractivity contribution is -0.142. The van der Waals surface area contributed by atoms with Gasteiger partial charge in [0.1, 0.15) is 0 Å². The summed E-state index contributed by atoms with van der Waals surface area (Å²) < 4.78 is 0. The average Bonchev–Trinajstić information content (AvgIpc) is 3.34. The molecule has 2 aliphatic rings. The van der Waals surface area contributed by atoms with Crippen molar-refractivity contribution in [3.05, 3.63) is 33.6 Å². The molecular formula is C19H25N5O2S. The Balaban J connectivity index is 1.53. The fraction of sp³-hybridized carbons (Fsp3) is 0.526. The third kappa shape index (κ3) is 3.17. The Morgan fingerprint density at radius 3 is 2.74 bits per heavy atom. The summed E-state index contributed by atoms with van der Waals surface area (Å²) in [6, 6.07) is 1.78. The standard InChI is InChI=1S/C19H25N5O2S/c1-19(2)15-14(10-24(19)18(26)12-4-7-23(3)8-5-12)16(22-21-15)20-17(25)13-6-9-27-11-13/h6,9,11-12H,4-5,7-8,10H2,1-3H3,(H2,20,21,22,25). The van der Waals surface area contributed by atoms with Crippen LogP contribution in [0.4, 0.5) is 5.82 Å². The Morgan fingerprint density at radius 1 is 1.33 bits per heavy atom. The van der Waals surface area contributed by atoms with Gasteiger partial charge in [-0.2, -0.15) is 16.4 Å². The molecule has 0 aromatic carbocycles. The lowest BCUT2D eigenvalue weighted by atomic mass is 9.93. The Morgan fingerprint density at radius 2 is 2.07 bits per heavy atom. The van der Waals surface area contributed by atoms with Crippen LogP contribution in [-0.2, 0) is 16.9 Å². The highest BCUT2D eigenvalue weighted by atomic mass is 32.1. The zero-order valence-corrected chi connectivity index (χ0v) is 16.7. The number of piperidine rings is 1. The summed E-state index contributed by atoms with van der Waals surface area (Å²) in [6.07, 6.45) is 1.80. The summed E-state index contributed by atoms with van der Waals surface area (Å²) in [5.41, 5.74) is 1.97. The monoisotopic (exact) mass is 387 g/mol. The molecule has 0 radical (unpaired) electrons. The maximum absolute atomic E-state index is 13.2. The van der Waals surface area contributed by atoms with Crippen LogP contribution in [0.2, 0.25) is 0 Å². The zero-order valence-electron chi connectivity index (χ0n) is 15.9. The van der Waals surface area contributed by atoms with Gasteiger partial charge in [-0.15, -0.1) is 0 Å². The number of thiophene rings is 1. The van der Waals surface area contributed by atoms with Crippen LogP contribution in [0.15, 0.2) is 16.8 Å². The molecule has 0 atom stereocenters. The van der Waals surface area contributed by atoms with Crippen LogP contribution in [0, 0.1) is 5.92 Å². The molecule has 144 valence electrons. The van der Waals surface area contributed by atoms with Crippen LogP contribution >= 0.6 is 11.3 Å². The highest BCUT2D eigenvalue weighted by Crippen LogP contribution is 2.42. The fourth-order valence-corrected chi connectivity index (χ4v) is 4.66. The van der Waals surface area contributed by atoms with Crippen molar-refractivity contribution in [2.24, 2.45) is 5.92 Å². The first-order valence-corrected chi connectivity index (χ1v) is 10.2. The van der Waals surface area contributed by atoms with E-state index in [2.05, 4.69) is 27.5 Å². The van der Waals surface area contributed by atoms with E-state index in [0.29, 0.717) is 17.9 Å². The number of carbonyl (C=O) groups is 2. The van der Waals surface area contributed by atoms with E-state index in [1.807, 2.05) is 29.5 Å². The molecular weight excluding hydrogens is 362 g/mol. The second kappa shape index (κ2) is 6.76. The normalized spacial score (nSPS) is 19.9. The van der Waals surface area contributed by atoms with Gasteiger partial charge >= 0.3 is 0 Å². The summed E-state index contributed by atoms with van der Waals surface area (Å²) in [6.45, 7) is 6.46. The van der Waals surface area contributed by atoms with Crippen molar-refractivity contribution in [3.8, 4) is 0 Å². The maximum Gasteiger partial charge on any atom is 0.257 e. The third-order valence-corrected chi connectivity index (χ3v) is 6.50. The van der Waals surface area contributed by atoms with E-state index >= 15 is 0 Å². The Kier molecular flexibility index (Phi) is 4.55. The van der Waals surface area contributed by atoms with Crippen LogP contribution in [0.1, 0.15) is 48.3 Å². The van der Waals surface area contributed by atoms with Gasteiger partial charge < -0.3 is 15.1 Å². The molecule has 1 saturated heterocycles. The van der Waals surface area contributed by atoms with Gasteiger partial charge in [0.25, 0.3) is 5.91 Å². The molecule has 7 nitrogen and oxygen atoms in total. The van der Waals surface area contributed by atoms with Crippen molar-refractivity contribution in [2.75, 3.05) is 25.5 Å². The van der Waals surface area contributed by atoms with Crippen molar-refractivity contribution in [1.82, 2.24) is 20.0 Å². The number of amides is 2. The third-order valence-electron chi connectivity index (χ3n) is 5.82. The first kappa shape index (κ1) is 18.2. The van der Waals surface area contributed by atoms with Crippen LogP contribution in [0.3, 0.4) is 0 Å². The van der Waals surface area contributed by atoms with Crippen LogP contribution in [-0.4, -0.2) is 51.9 Å². The van der Waals surface area contributed by atoms with Crippen molar-refractivity contribution in [2.45, 2.75) is 38.8 Å². The molecule has 0 saturated carbocycles. The minimum absolute atomic E-state index is 0.0706. The van der Waals surface area contributed by atoms with E-state index in [4.69, 9.17) is 0 Å². The highest BCUT2D eigenvalue weighted by Gasteiger charge is 2.45. The smallest absolute Gasteiger partial charge is 0.257 e. The zero-order chi connectivity index (χ0) is 19.2. The predicted molar refractivity (Wildman–Crippen MR) is 105 cm³/mol. The Bertz CT molecular complexity index is 850. The number of hydrogen-bond acceptors (Lipinski definition) is 5. The first-order valence-electron chi connectivity index (χ1n) is 9.29. The van der Waals surface area contributed by atoms with Gasteiger partial charge in [-0.25, -0.2) is 0 Å². The first-order chi connectivity index (χ1) is 12.9. The molecule has 27 heavy (non-hydrogen) atoms. The molecule has 2 N–H and O–H groups in total. The molecule has 2 aliphatic heterocycles. The summed E-state index contributed by atoms with van der Waals surface area (Å²) in [5, 5.41) is 13.9. The lowest BCUT2D eigenvalue weighted by Gasteiger charge is -2.37. The van der Waals surface area contributed by atoms with E-state index in [0.717, 1.165) is 37.2 Å². The number of nitrogens with one attached hydrogen (secondary N) is 2. The average molecular weight is 388 g/mol. The molecule has 2 amide bonds. The van der Waals surface area contributed by atoms with Gasteiger partial charge in [-0.3, -0.25) is 14.7 Å². The topological polar surface area (TPSA) is 81.3 Å². The predicted octanol–water partition coefficient (Wildman–Crippen LogP) is 2.64. The number of likely N-dealkylation sites (tertiary alicyclic amines) is 1. The Labute approximate surface area is 162 Å². The van der Waals surface area contributed by atoms with E-state index < -0.39 is 5.54 Å². The number of aromatic amines is 1. The Hall–Kier alpha value is -2.19. The molecule has 0 bridgehead atoms. The fourth-order valence-electron chi connectivity index (χ4n) is 4.02. The SMILES string of the molecule is CN1CCC(C(=O)N2Cc3c(NC(=O)c4ccsc4)n[nH]c3C2(C)C)CC1. The summed E-state index contributed by atoms with van der Waals surface area (Å²) in [4.78, 5) is 29.8. The number of rotatable bonds is 3. The number of hydrogen-bond donors (Lipinski definition) is 2. The summed E-state index contributed by atoms with van der Waals surface area (Å²) in [5.74, 6) is 0.616. The van der Waals surface area contributed by atoms with Gasteiger partial charge in [0.05, 0.1) is 23.3 Å². The second-order valence-electron chi connectivity index (χ2n) is 7.95. The van der Waals surface area contributed by atoms with E-state index in [1.165, 1.54) is 11.3 Å². The summed E-state index contributed by atoms with van der Waals surface area (Å²) in [7, 11) is 2.10. The van der Waals surface area contributed by atoms with Crippen molar-refractivity contribution >= 4 is 29.0 Å². The largest absolute Gasteiger partial charge is 0.327 e. The molecule has 2 aromatic rings. The summed E-state index contributed by atoms with van der Waals surface area (Å²) >= 11 is 1.48. The van der Waals surface area contributed by atoms with E-state index in [9.17, 15) is 9.59 Å².